The Bertz CT molecular complexity index is 514. The van der Waals surface area contributed by atoms with Gasteiger partial charge in [0.2, 0.25) is 0 Å². The lowest BCUT2D eigenvalue weighted by molar-refractivity contribution is 0.403. The van der Waals surface area contributed by atoms with Crippen molar-refractivity contribution in [2.24, 2.45) is 5.73 Å². The van der Waals surface area contributed by atoms with Gasteiger partial charge in [0.1, 0.15) is 4.47 Å². The summed E-state index contributed by atoms with van der Waals surface area (Å²) in [5.41, 5.74) is 6.66. The van der Waals surface area contributed by atoms with E-state index in [1.54, 1.807) is 12.3 Å². The Balaban J connectivity index is 2.19. The van der Waals surface area contributed by atoms with Gasteiger partial charge < -0.3 is 11.1 Å². The number of aromatic nitrogens is 2. The van der Waals surface area contributed by atoms with E-state index >= 15 is 0 Å². The minimum absolute atomic E-state index is 0.135. The molecule has 1 aliphatic carbocycles. The second-order valence-electron chi connectivity index (χ2n) is 4.85. The molecule has 1 aromatic rings. The van der Waals surface area contributed by atoms with Crippen LogP contribution in [0.5, 0.6) is 0 Å². The minimum Gasteiger partial charge on any atom is -0.378 e. The molecule has 1 saturated carbocycles. The van der Waals surface area contributed by atoms with Crippen molar-refractivity contribution in [2.45, 2.75) is 44.3 Å². The molecule has 2 rings (SSSR count). The van der Waals surface area contributed by atoms with E-state index in [2.05, 4.69) is 32.9 Å². The molecule has 1 heterocycles. The van der Waals surface area contributed by atoms with E-state index in [4.69, 9.17) is 5.73 Å². The zero-order chi connectivity index (χ0) is 13.8. The van der Waals surface area contributed by atoms with Gasteiger partial charge in [-0.25, -0.2) is 4.68 Å². The van der Waals surface area contributed by atoms with Gasteiger partial charge in [-0.3, -0.25) is 4.79 Å². The monoisotopic (exact) mass is 326 g/mol. The summed E-state index contributed by atoms with van der Waals surface area (Å²) in [7, 11) is 0. The first kappa shape index (κ1) is 14.3. The van der Waals surface area contributed by atoms with Crippen LogP contribution in [-0.4, -0.2) is 21.9 Å². The number of halogens is 1. The molecule has 1 aromatic heterocycles. The highest BCUT2D eigenvalue weighted by Gasteiger charge is 2.22. The molecule has 0 bridgehead atoms. The highest BCUT2D eigenvalue weighted by Crippen LogP contribution is 2.23. The smallest absolute Gasteiger partial charge is 0.283 e. The van der Waals surface area contributed by atoms with Crippen molar-refractivity contribution in [3.63, 3.8) is 0 Å². The number of hydrogen-bond donors (Lipinski definition) is 2. The summed E-state index contributed by atoms with van der Waals surface area (Å²) in [5.74, 6) is 0. The molecule has 0 aromatic carbocycles. The van der Waals surface area contributed by atoms with Crippen LogP contribution in [0.25, 0.3) is 0 Å². The van der Waals surface area contributed by atoms with Gasteiger partial charge in [0.25, 0.3) is 5.56 Å². The Morgan fingerprint density at radius 3 is 3.00 bits per heavy atom. The van der Waals surface area contributed by atoms with E-state index in [0.29, 0.717) is 16.7 Å². The maximum absolute atomic E-state index is 12.0. The third-order valence-corrected chi connectivity index (χ3v) is 4.21. The molecule has 0 amide bonds. The molecule has 5 nitrogen and oxygen atoms in total. The number of anilines is 1. The summed E-state index contributed by atoms with van der Waals surface area (Å²) in [6.07, 6.45) is 7.71. The predicted octanol–water partition coefficient (Wildman–Crippen LogP) is 1.87. The summed E-state index contributed by atoms with van der Waals surface area (Å²) >= 11 is 3.34. The van der Waals surface area contributed by atoms with Gasteiger partial charge in [0.05, 0.1) is 18.4 Å². The Morgan fingerprint density at radius 1 is 1.58 bits per heavy atom. The molecule has 104 valence electrons. The fourth-order valence-electron chi connectivity index (χ4n) is 2.36. The fraction of sp³-hybridized carbons (Fsp3) is 0.538. The zero-order valence-electron chi connectivity index (χ0n) is 10.8. The number of nitrogens with two attached hydrogens (primary N) is 1. The fourth-order valence-corrected chi connectivity index (χ4v) is 2.78. The summed E-state index contributed by atoms with van der Waals surface area (Å²) in [4.78, 5) is 12.0. The van der Waals surface area contributed by atoms with Crippen molar-refractivity contribution in [1.82, 2.24) is 9.78 Å². The number of nitrogens with one attached hydrogen (secondary N) is 1. The second kappa shape index (κ2) is 6.34. The Kier molecular flexibility index (Phi) is 4.76. The quantitative estimate of drug-likeness (QED) is 0.828. The maximum atomic E-state index is 12.0. The van der Waals surface area contributed by atoms with Crippen LogP contribution in [0.15, 0.2) is 28.1 Å². The molecule has 6 heteroatoms. The standard InChI is InChI=1S/C13H19BrN4O/c1-2-7-18-13(19)12(14)11(8-16-18)17-10-6-4-3-5-9(10)15/h2,8-10,17H,1,3-7,15H2. The van der Waals surface area contributed by atoms with Crippen LogP contribution in [0.4, 0.5) is 5.69 Å². The van der Waals surface area contributed by atoms with E-state index < -0.39 is 0 Å². The van der Waals surface area contributed by atoms with E-state index in [1.807, 2.05) is 0 Å². The van der Waals surface area contributed by atoms with Crippen molar-refractivity contribution in [2.75, 3.05) is 5.32 Å². The van der Waals surface area contributed by atoms with Crippen LogP contribution in [0, 0.1) is 0 Å². The van der Waals surface area contributed by atoms with Crippen LogP contribution >= 0.6 is 15.9 Å². The van der Waals surface area contributed by atoms with Gasteiger partial charge in [0, 0.05) is 12.1 Å². The third-order valence-electron chi connectivity index (χ3n) is 3.45. The molecular weight excluding hydrogens is 308 g/mol. The van der Waals surface area contributed by atoms with Crippen LogP contribution in [0.1, 0.15) is 25.7 Å². The molecule has 1 aliphatic rings. The number of nitrogens with zero attached hydrogens (tertiary/aromatic N) is 2. The van der Waals surface area contributed by atoms with Crippen molar-refractivity contribution in [3.05, 3.63) is 33.7 Å². The van der Waals surface area contributed by atoms with Crippen molar-refractivity contribution >= 4 is 21.6 Å². The zero-order valence-corrected chi connectivity index (χ0v) is 12.4. The minimum atomic E-state index is -0.158. The van der Waals surface area contributed by atoms with Crippen molar-refractivity contribution < 1.29 is 0 Å². The molecule has 2 unspecified atom stereocenters. The van der Waals surface area contributed by atoms with Gasteiger partial charge >= 0.3 is 0 Å². The predicted molar refractivity (Wildman–Crippen MR) is 80.2 cm³/mol. The largest absolute Gasteiger partial charge is 0.378 e. The molecular formula is C13H19BrN4O. The van der Waals surface area contributed by atoms with E-state index in [-0.39, 0.29) is 17.6 Å². The lowest BCUT2D eigenvalue weighted by atomic mass is 9.91. The third kappa shape index (κ3) is 3.25. The first-order valence-corrected chi connectivity index (χ1v) is 7.31. The summed E-state index contributed by atoms with van der Waals surface area (Å²) in [6, 6.07) is 0.345. The topological polar surface area (TPSA) is 72.9 Å². The molecule has 0 aliphatic heterocycles. The summed E-state index contributed by atoms with van der Waals surface area (Å²) < 4.78 is 1.87. The second-order valence-corrected chi connectivity index (χ2v) is 5.64. The highest BCUT2D eigenvalue weighted by molar-refractivity contribution is 9.10. The highest BCUT2D eigenvalue weighted by atomic mass is 79.9. The molecule has 0 saturated heterocycles. The average molecular weight is 327 g/mol. The Hall–Kier alpha value is -1.14. The normalized spacial score (nSPS) is 23.1. The SMILES string of the molecule is C=CCn1ncc(NC2CCCCC2N)c(Br)c1=O. The van der Waals surface area contributed by atoms with Gasteiger partial charge in [0.15, 0.2) is 0 Å². The average Bonchev–Trinajstić information content (AvgIpc) is 2.41. The number of hydrogen-bond acceptors (Lipinski definition) is 4. The number of allylic oxidation sites excluding steroid dienone is 1. The van der Waals surface area contributed by atoms with E-state index in [0.717, 1.165) is 12.8 Å². The Labute approximate surface area is 121 Å². The number of rotatable bonds is 4. The first-order valence-electron chi connectivity index (χ1n) is 6.52. The van der Waals surface area contributed by atoms with E-state index in [9.17, 15) is 4.79 Å². The lowest BCUT2D eigenvalue weighted by Gasteiger charge is -2.30. The summed E-state index contributed by atoms with van der Waals surface area (Å²) in [6.45, 7) is 4.01. The van der Waals surface area contributed by atoms with Crippen molar-refractivity contribution in [1.29, 1.82) is 0 Å². The van der Waals surface area contributed by atoms with Gasteiger partial charge in [-0.15, -0.1) is 6.58 Å². The molecule has 0 spiro atoms. The molecule has 3 N–H and O–H groups in total. The molecule has 19 heavy (non-hydrogen) atoms. The van der Waals surface area contributed by atoms with Crippen LogP contribution in [0.3, 0.4) is 0 Å². The maximum Gasteiger partial charge on any atom is 0.283 e. The first-order chi connectivity index (χ1) is 9.13. The molecule has 2 atom stereocenters. The van der Waals surface area contributed by atoms with Gasteiger partial charge in [-0.1, -0.05) is 18.9 Å². The van der Waals surface area contributed by atoms with Crippen LogP contribution in [0.2, 0.25) is 0 Å². The van der Waals surface area contributed by atoms with Crippen LogP contribution in [-0.2, 0) is 6.54 Å². The van der Waals surface area contributed by atoms with Crippen molar-refractivity contribution in [3.8, 4) is 0 Å². The van der Waals surface area contributed by atoms with E-state index in [1.165, 1.54) is 17.5 Å². The van der Waals surface area contributed by atoms with Gasteiger partial charge in [-0.2, -0.15) is 5.10 Å². The molecule has 0 radical (unpaired) electrons. The van der Waals surface area contributed by atoms with Gasteiger partial charge in [-0.05, 0) is 28.8 Å². The molecule has 1 fully saturated rings. The summed E-state index contributed by atoms with van der Waals surface area (Å²) in [5, 5.41) is 7.45. The lowest BCUT2D eigenvalue weighted by Crippen LogP contribution is -2.43. The Morgan fingerprint density at radius 2 is 2.32 bits per heavy atom. The van der Waals surface area contributed by atoms with Crippen LogP contribution < -0.4 is 16.6 Å².